The number of phenols is 3. The normalized spacial score (nSPS) is 13.9. The van der Waals surface area contributed by atoms with Crippen molar-refractivity contribution in [3.05, 3.63) is 112 Å². The molecule has 54 heteroatoms. The van der Waals surface area contributed by atoms with Crippen molar-refractivity contribution in [3.63, 3.8) is 0 Å². The molecule has 4 aromatic carbocycles. The zero-order valence-electron chi connectivity index (χ0n) is 80.3. The van der Waals surface area contributed by atoms with Crippen LogP contribution in [0.1, 0.15) is 178 Å². The van der Waals surface area contributed by atoms with Crippen molar-refractivity contribution in [2.45, 2.75) is 207 Å². The molecule has 2 aliphatic rings. The van der Waals surface area contributed by atoms with Gasteiger partial charge >= 0.3 is 5.97 Å². The minimum absolute atomic E-state index is 0.00672. The third kappa shape index (κ3) is 39.0. The summed E-state index contributed by atoms with van der Waals surface area (Å²) in [5.41, 5.74) is 50.5. The van der Waals surface area contributed by atoms with Crippen molar-refractivity contribution in [3.8, 4) is 28.7 Å². The molecule has 1 spiro atoms. The summed E-state index contributed by atoms with van der Waals surface area (Å²) in [5, 5.41) is 119. The lowest BCUT2D eigenvalue weighted by molar-refractivity contribution is -0.136. The Morgan fingerprint density at radius 1 is 0.368 bits per heavy atom. The molecule has 54 nitrogen and oxygen atoms in total. The number of fused-ring (bicyclic) bond motifs is 6. The molecule has 0 saturated heterocycles. The molecule has 10 atom stereocenters. The fourth-order valence-corrected chi connectivity index (χ4v) is 15.4. The lowest BCUT2D eigenvalue weighted by atomic mass is 9.77. The molecule has 0 aliphatic carbocycles. The molecule has 14 amide bonds. The standard InChI is InChI=1S/C90H138N34O20/c1-105-89(106-2)113-41-12-20-64(81(140)124-65(31-32-69(93)128)82(141)123-63(19-11-40-112-88(103)104)80(139)120-61(17-9-38-110-86(99)100)76(135)117-57(72(94)131)15-7-36-108-84(95)96)122-79(138)62(18-10-39-111-87(101)102)121-78(137)60(14-4-6-35-92)119-77(136)59(13-3-5-34-91)118-75(134)58(16-8-37-109-85(97)98)115-71(130)47-114-74(133)66(43-48-21-24-50(125)25-22-48)116-70(129)33-42-107-73(132)49-23-28-53-56(44-49)90(144-83(53)142)54-29-26-51(126)45-67(54)143-68-46-52(127)27-30-55(68)90/h21-30,44-46,57-66,125-127H,3-20,31-43,47,91-92H2,1-2H3,(H2,93,128)(H2,94,131)(H,107,132)(H,114,133)(H,115,130)(H,116,129)(H,117,135)(H,118,134)(H,119,136)(H,120,139)(H,121,137)(H,122,138)(H,123,141)(H,124,140)(H4,95,96,108)(H4,97,98,109)(H4,99,100,110)(H4,101,102,111)(H4,103,104,112)(H2,105,106,113)/t57-,58-,59-,60-,61-,62-,63-,64-,65-,66-/m0/s1. The number of ether oxygens (including phenoxy) is 2. The van der Waals surface area contributed by atoms with Crippen LogP contribution in [0.4, 0.5) is 0 Å². The van der Waals surface area contributed by atoms with Gasteiger partial charge in [-0.2, -0.15) is 0 Å². The Morgan fingerprint density at radius 3 is 1.09 bits per heavy atom. The van der Waals surface area contributed by atoms with Crippen LogP contribution >= 0.6 is 0 Å². The van der Waals surface area contributed by atoms with E-state index in [2.05, 4.69) is 106 Å². The van der Waals surface area contributed by atoms with Gasteiger partial charge in [0.1, 0.15) is 89.2 Å². The molecule has 45 N–H and O–H groups in total. The third-order valence-corrected chi connectivity index (χ3v) is 22.8. The van der Waals surface area contributed by atoms with Gasteiger partial charge in [-0.25, -0.2) is 4.79 Å². The summed E-state index contributed by atoms with van der Waals surface area (Å²) in [4.78, 5) is 218. The number of primary amides is 2. The van der Waals surface area contributed by atoms with Crippen molar-refractivity contribution in [1.29, 1.82) is 27.0 Å². The van der Waals surface area contributed by atoms with E-state index < -0.39 is 204 Å². The van der Waals surface area contributed by atoms with E-state index in [9.17, 15) is 72.9 Å². The van der Waals surface area contributed by atoms with E-state index in [0.717, 1.165) is 0 Å². The Hall–Kier alpha value is -16.3. The highest BCUT2D eigenvalue weighted by Gasteiger charge is 2.54. The summed E-state index contributed by atoms with van der Waals surface area (Å²) in [6, 6.07) is 2.84. The number of nitrogens with zero attached hydrogens (tertiary/aromatic N) is 1. The zero-order chi connectivity index (χ0) is 106. The molecular formula is C90H138N34O20. The number of carbonyl (C=O) groups excluding carboxylic acids is 15. The average Bonchev–Trinajstić information content (AvgIpc) is 1.52. The Balaban J connectivity index is 1.22. The molecule has 144 heavy (non-hydrogen) atoms. The highest BCUT2D eigenvalue weighted by molar-refractivity contribution is 6.03. The number of rotatable bonds is 63. The van der Waals surface area contributed by atoms with Gasteiger partial charge in [-0.1, -0.05) is 12.1 Å². The van der Waals surface area contributed by atoms with Gasteiger partial charge in [0.25, 0.3) is 5.91 Å². The summed E-state index contributed by atoms with van der Waals surface area (Å²) >= 11 is 0. The maximum Gasteiger partial charge on any atom is 0.340 e. The number of hydrogen-bond acceptors (Lipinski definition) is 28. The Kier molecular flexibility index (Phi) is 48.5. The number of guanidine groups is 6. The second kappa shape index (κ2) is 60.0. The van der Waals surface area contributed by atoms with Crippen LogP contribution in [-0.4, -0.2) is 280 Å². The van der Waals surface area contributed by atoms with Crippen molar-refractivity contribution in [2.75, 3.05) is 79.5 Å². The van der Waals surface area contributed by atoms with E-state index in [0.29, 0.717) is 35.5 Å². The predicted octanol–water partition coefficient (Wildman–Crippen LogP) is -7.40. The van der Waals surface area contributed by atoms with Crippen LogP contribution in [0.2, 0.25) is 0 Å². The van der Waals surface area contributed by atoms with Crippen LogP contribution in [0, 0.1) is 27.0 Å². The zero-order valence-corrected chi connectivity index (χ0v) is 80.3. The molecule has 2 aliphatic heterocycles. The van der Waals surface area contributed by atoms with Gasteiger partial charge in [-0.3, -0.25) is 99.2 Å². The number of esters is 1. The van der Waals surface area contributed by atoms with E-state index in [-0.39, 0.29) is 219 Å². The lowest BCUT2D eigenvalue weighted by Gasteiger charge is -2.36. The van der Waals surface area contributed by atoms with Gasteiger partial charge in [0.15, 0.2) is 41.4 Å². The van der Waals surface area contributed by atoms with Crippen LogP contribution in [0.25, 0.3) is 0 Å². The summed E-state index contributed by atoms with van der Waals surface area (Å²) < 4.78 is 12.2. The molecule has 0 aromatic heterocycles. The van der Waals surface area contributed by atoms with Gasteiger partial charge in [-0.15, -0.1) is 0 Å². The van der Waals surface area contributed by atoms with Crippen LogP contribution < -0.4 is 157 Å². The molecule has 6 rings (SSSR count). The van der Waals surface area contributed by atoms with Crippen molar-refractivity contribution in [1.82, 2.24) is 101 Å². The van der Waals surface area contributed by atoms with Gasteiger partial charge in [0.2, 0.25) is 76.8 Å². The number of hydrogen-bond donors (Lipinski definition) is 36. The molecule has 0 bridgehead atoms. The fraction of sp³-hybridized carbons (Fsp3) is 0.500. The number of aromatic hydroxyl groups is 3. The number of phenolic OH excluding ortho intramolecular Hbond substituents is 3. The summed E-state index contributed by atoms with van der Waals surface area (Å²) in [7, 11) is 3.07. The molecular weight excluding hydrogens is 1880 g/mol. The first kappa shape index (κ1) is 116. The quantitative estimate of drug-likeness (QED) is 0.00845. The van der Waals surface area contributed by atoms with E-state index in [1.165, 1.54) is 85.9 Å². The van der Waals surface area contributed by atoms with Gasteiger partial charge < -0.3 is 177 Å². The molecule has 2 heterocycles. The highest BCUT2D eigenvalue weighted by atomic mass is 16.6. The first-order chi connectivity index (χ1) is 68.6. The monoisotopic (exact) mass is 2020 g/mol. The van der Waals surface area contributed by atoms with Gasteiger partial charge in [-0.05, 0) is 195 Å². The lowest BCUT2D eigenvalue weighted by Crippen LogP contribution is -2.60. The molecule has 0 fully saturated rings. The van der Waals surface area contributed by atoms with Crippen molar-refractivity contribution >= 4 is 124 Å². The average molecular weight is 2020 g/mol. The SMILES string of the molecule is CN=C(NC)NCCC[C@H](NC(=O)[C@H](CCCNC(=N)N)NC(=O)[C@H](CCCCN)NC(=O)[C@H](CCCCN)NC(=O)[C@H](CCCNC(=N)N)NC(=O)CNC(=O)[C@H](Cc1ccc(O)cc1)NC(=O)CCNC(=O)c1ccc2c(c1)C1(OC2=O)c2ccc(O)cc2Oc2cc(O)ccc21)C(=O)N[C@@H](CCC(N)=O)C(=O)N[C@@H](CCCNC(=N)N)C(=O)N[C@@H](CCCNC(=N)N)C(=O)N[C@@H](CCCNC(=N)N)C(N)=O. The van der Waals surface area contributed by atoms with Crippen LogP contribution in [0.3, 0.4) is 0 Å². The largest absolute Gasteiger partial charge is 0.508 e. The Morgan fingerprint density at radius 2 is 0.722 bits per heavy atom. The molecule has 0 saturated carbocycles. The van der Waals surface area contributed by atoms with Gasteiger partial charge in [0, 0.05) is 114 Å². The maximum absolute atomic E-state index is 15.1. The molecule has 788 valence electrons. The summed E-state index contributed by atoms with van der Waals surface area (Å²) in [6.07, 6.45) is -1.77. The number of unbranched alkanes of at least 4 members (excludes halogenated alkanes) is 2. The summed E-state index contributed by atoms with van der Waals surface area (Å²) in [6.45, 7) is -0.751. The van der Waals surface area contributed by atoms with E-state index in [1.807, 2.05) is 0 Å². The molecule has 0 radical (unpaired) electrons. The highest BCUT2D eigenvalue weighted by Crippen LogP contribution is 2.57. The van der Waals surface area contributed by atoms with E-state index in [1.54, 1.807) is 7.05 Å². The van der Waals surface area contributed by atoms with Gasteiger partial charge in [0.05, 0.1) is 12.1 Å². The summed E-state index contributed by atoms with van der Waals surface area (Å²) in [5.74, 6) is -16.0. The van der Waals surface area contributed by atoms with Crippen molar-refractivity contribution in [2.24, 2.45) is 56.6 Å². The Labute approximate surface area is 830 Å². The number of nitrogens with two attached hydrogens (primary N) is 9. The predicted molar refractivity (Wildman–Crippen MR) is 528 cm³/mol. The van der Waals surface area contributed by atoms with E-state index in [4.69, 9.17) is 88.1 Å². The number of benzene rings is 4. The number of carbonyl (C=O) groups is 15. The number of nitrogens with one attached hydrogen (secondary N) is 24. The third-order valence-electron chi connectivity index (χ3n) is 22.8. The first-order valence-electron chi connectivity index (χ1n) is 46.9. The minimum Gasteiger partial charge on any atom is -0.508 e. The second-order valence-corrected chi connectivity index (χ2v) is 33.9. The smallest absolute Gasteiger partial charge is 0.340 e. The molecule has 4 aromatic rings. The first-order valence-corrected chi connectivity index (χ1v) is 46.9. The van der Waals surface area contributed by atoms with Crippen LogP contribution in [0.15, 0.2) is 83.9 Å². The van der Waals surface area contributed by atoms with Crippen LogP contribution in [0.5, 0.6) is 28.7 Å². The molecule has 0 unspecified atom stereocenters. The number of amides is 14. The second-order valence-electron chi connectivity index (χ2n) is 33.9. The fourth-order valence-electron chi connectivity index (χ4n) is 15.4. The van der Waals surface area contributed by atoms with Crippen LogP contribution in [-0.2, 0) is 79.1 Å². The van der Waals surface area contributed by atoms with Crippen molar-refractivity contribution < 1.29 is 96.7 Å². The number of aliphatic imine (C=N–C) groups is 1. The maximum atomic E-state index is 15.1. The minimum atomic E-state index is -1.75. The van der Waals surface area contributed by atoms with E-state index >= 15 is 14.4 Å². The Bertz CT molecular complexity index is 5150. The topological polar surface area (TPSA) is 930 Å².